The van der Waals surface area contributed by atoms with E-state index in [0.717, 1.165) is 5.56 Å². The van der Waals surface area contributed by atoms with Gasteiger partial charge in [-0.2, -0.15) is 0 Å². The van der Waals surface area contributed by atoms with Crippen LogP contribution in [0.4, 0.5) is 4.39 Å². The summed E-state index contributed by atoms with van der Waals surface area (Å²) in [6.45, 7) is 1.82. The van der Waals surface area contributed by atoms with Gasteiger partial charge in [0, 0.05) is 23.0 Å². The summed E-state index contributed by atoms with van der Waals surface area (Å²) in [6, 6.07) is 16.3. The number of pyridine rings is 1. The van der Waals surface area contributed by atoms with Crippen LogP contribution < -0.4 is 5.32 Å². The number of hydrogen-bond donors (Lipinski definition) is 1. The molecular formula is C22H17ClFN5O. The molecule has 0 aliphatic heterocycles. The quantitative estimate of drug-likeness (QED) is 0.510. The highest BCUT2D eigenvalue weighted by atomic mass is 35.5. The van der Waals surface area contributed by atoms with Crippen LogP contribution in [0.15, 0.2) is 73.1 Å². The van der Waals surface area contributed by atoms with Crippen LogP contribution in [-0.4, -0.2) is 25.9 Å². The molecule has 1 atom stereocenters. The maximum absolute atomic E-state index is 13.2. The van der Waals surface area contributed by atoms with Crippen molar-refractivity contribution in [2.45, 2.75) is 13.0 Å². The fourth-order valence-electron chi connectivity index (χ4n) is 3.06. The molecule has 0 saturated heterocycles. The van der Waals surface area contributed by atoms with Gasteiger partial charge in [0.2, 0.25) is 0 Å². The summed E-state index contributed by atoms with van der Waals surface area (Å²) in [4.78, 5) is 17.2. The molecule has 30 heavy (non-hydrogen) atoms. The van der Waals surface area contributed by atoms with Crippen molar-refractivity contribution in [1.29, 1.82) is 0 Å². The molecule has 150 valence electrons. The van der Waals surface area contributed by atoms with Crippen molar-refractivity contribution in [2.24, 2.45) is 0 Å². The molecule has 2 aromatic heterocycles. The van der Waals surface area contributed by atoms with E-state index in [1.54, 1.807) is 59.5 Å². The molecule has 4 rings (SSSR count). The van der Waals surface area contributed by atoms with Crippen molar-refractivity contribution in [1.82, 2.24) is 25.3 Å². The van der Waals surface area contributed by atoms with E-state index in [0.29, 0.717) is 22.0 Å². The molecule has 4 aromatic rings. The van der Waals surface area contributed by atoms with Gasteiger partial charge in [-0.15, -0.1) is 5.10 Å². The Balaban J connectivity index is 1.71. The van der Waals surface area contributed by atoms with E-state index >= 15 is 0 Å². The second-order valence-electron chi connectivity index (χ2n) is 6.66. The minimum Gasteiger partial charge on any atom is -0.344 e. The van der Waals surface area contributed by atoms with E-state index in [1.165, 1.54) is 12.1 Å². The summed E-state index contributed by atoms with van der Waals surface area (Å²) in [5.74, 6) is -0.729. The number of halogens is 2. The lowest BCUT2D eigenvalue weighted by molar-refractivity contribution is 0.0935. The Morgan fingerprint density at radius 1 is 1.10 bits per heavy atom. The van der Waals surface area contributed by atoms with E-state index < -0.39 is 5.91 Å². The number of nitrogens with one attached hydrogen (secondary N) is 1. The van der Waals surface area contributed by atoms with Crippen LogP contribution in [0.1, 0.15) is 29.0 Å². The summed E-state index contributed by atoms with van der Waals surface area (Å²) in [6.07, 6.45) is 3.29. The van der Waals surface area contributed by atoms with Crippen molar-refractivity contribution in [3.05, 3.63) is 95.2 Å². The van der Waals surface area contributed by atoms with Crippen molar-refractivity contribution in [3.8, 4) is 16.9 Å². The summed E-state index contributed by atoms with van der Waals surface area (Å²) < 4.78 is 14.8. The van der Waals surface area contributed by atoms with Crippen LogP contribution in [0.2, 0.25) is 5.02 Å². The second-order valence-corrected chi connectivity index (χ2v) is 7.10. The first-order valence-corrected chi connectivity index (χ1v) is 9.59. The molecule has 1 N–H and O–H groups in total. The first-order chi connectivity index (χ1) is 14.5. The predicted molar refractivity (Wildman–Crippen MR) is 112 cm³/mol. The monoisotopic (exact) mass is 421 g/mol. The Bertz CT molecular complexity index is 1160. The number of carbonyl (C=O) groups excluding carboxylic acids is 1. The first-order valence-electron chi connectivity index (χ1n) is 9.21. The van der Waals surface area contributed by atoms with Gasteiger partial charge in [-0.1, -0.05) is 28.9 Å². The number of hydrogen-bond acceptors (Lipinski definition) is 4. The van der Waals surface area contributed by atoms with E-state index in [-0.39, 0.29) is 17.6 Å². The zero-order valence-electron chi connectivity index (χ0n) is 16.0. The topological polar surface area (TPSA) is 72.7 Å². The summed E-state index contributed by atoms with van der Waals surface area (Å²) in [5, 5.41) is 11.8. The van der Waals surface area contributed by atoms with Crippen molar-refractivity contribution in [3.63, 3.8) is 0 Å². The number of rotatable bonds is 5. The van der Waals surface area contributed by atoms with E-state index in [1.807, 2.05) is 13.0 Å². The van der Waals surface area contributed by atoms with Gasteiger partial charge in [-0.3, -0.25) is 9.78 Å². The maximum Gasteiger partial charge on any atom is 0.274 e. The van der Waals surface area contributed by atoms with Gasteiger partial charge in [0.15, 0.2) is 5.69 Å². The van der Waals surface area contributed by atoms with Gasteiger partial charge in [-0.25, -0.2) is 9.07 Å². The van der Waals surface area contributed by atoms with Crippen molar-refractivity contribution >= 4 is 17.5 Å². The van der Waals surface area contributed by atoms with E-state index in [4.69, 9.17) is 11.6 Å². The van der Waals surface area contributed by atoms with Crippen molar-refractivity contribution in [2.75, 3.05) is 0 Å². The number of carbonyl (C=O) groups is 1. The largest absolute Gasteiger partial charge is 0.344 e. The molecule has 1 amide bonds. The molecule has 6 nitrogen and oxygen atoms in total. The molecule has 0 unspecified atom stereocenters. The minimum absolute atomic E-state index is 0.159. The average molecular weight is 422 g/mol. The number of aromatic nitrogens is 4. The Kier molecular flexibility index (Phi) is 5.54. The zero-order valence-corrected chi connectivity index (χ0v) is 16.7. The minimum atomic E-state index is -0.397. The molecule has 0 aliphatic rings. The molecule has 0 bridgehead atoms. The lowest BCUT2D eigenvalue weighted by Crippen LogP contribution is -2.27. The highest BCUT2D eigenvalue weighted by Gasteiger charge is 2.23. The smallest absolute Gasteiger partial charge is 0.274 e. The van der Waals surface area contributed by atoms with Crippen LogP contribution >= 0.6 is 11.6 Å². The normalized spacial score (nSPS) is 11.8. The van der Waals surface area contributed by atoms with Gasteiger partial charge in [0.05, 0.1) is 11.7 Å². The second kappa shape index (κ2) is 8.42. The highest BCUT2D eigenvalue weighted by Crippen LogP contribution is 2.26. The Morgan fingerprint density at radius 3 is 2.50 bits per heavy atom. The number of nitrogens with zero attached hydrogens (tertiary/aromatic N) is 4. The maximum atomic E-state index is 13.2. The Hall–Kier alpha value is -3.58. The van der Waals surface area contributed by atoms with E-state index in [2.05, 4.69) is 20.6 Å². The Labute approximate surface area is 177 Å². The standard InChI is InChI=1S/C22H17ClFN5O/c1-14(15-4-8-18(24)9-5-15)26-22(30)20-21(16-3-2-12-25-13-16)29(28-27-20)19-10-6-17(23)7-11-19/h2-14H,1H3,(H,26,30)/t14-/m0/s1. The van der Waals surface area contributed by atoms with Gasteiger partial charge in [0.1, 0.15) is 11.5 Å². The lowest BCUT2D eigenvalue weighted by Gasteiger charge is -2.14. The fraction of sp³-hybridized carbons (Fsp3) is 0.0909. The molecule has 2 aromatic carbocycles. The van der Waals surface area contributed by atoms with Crippen LogP contribution in [0.25, 0.3) is 16.9 Å². The SMILES string of the molecule is C[C@H](NC(=O)c1nnn(-c2ccc(Cl)cc2)c1-c1cccnc1)c1ccc(F)cc1. The molecule has 0 aliphatic carbocycles. The van der Waals surface area contributed by atoms with Crippen LogP contribution in [0, 0.1) is 5.82 Å². The molecule has 0 spiro atoms. The average Bonchev–Trinajstić information content (AvgIpc) is 3.20. The van der Waals surface area contributed by atoms with Crippen LogP contribution in [0.3, 0.4) is 0 Å². The summed E-state index contributed by atoms with van der Waals surface area (Å²) in [7, 11) is 0. The van der Waals surface area contributed by atoms with Gasteiger partial charge in [-0.05, 0) is 61.0 Å². The molecule has 0 saturated carbocycles. The zero-order chi connectivity index (χ0) is 21.1. The highest BCUT2D eigenvalue weighted by molar-refractivity contribution is 6.30. The summed E-state index contributed by atoms with van der Waals surface area (Å²) in [5.41, 5.74) is 2.84. The third-order valence-electron chi connectivity index (χ3n) is 4.61. The van der Waals surface area contributed by atoms with E-state index in [9.17, 15) is 9.18 Å². The fourth-order valence-corrected chi connectivity index (χ4v) is 3.19. The molecular weight excluding hydrogens is 405 g/mol. The number of benzene rings is 2. The summed E-state index contributed by atoms with van der Waals surface area (Å²) >= 11 is 5.99. The van der Waals surface area contributed by atoms with Crippen LogP contribution in [0.5, 0.6) is 0 Å². The molecule has 0 fully saturated rings. The number of amides is 1. The predicted octanol–water partition coefficient (Wildman–Crippen LogP) is 4.61. The Morgan fingerprint density at radius 2 is 1.83 bits per heavy atom. The van der Waals surface area contributed by atoms with Crippen molar-refractivity contribution < 1.29 is 9.18 Å². The van der Waals surface area contributed by atoms with Crippen LogP contribution in [-0.2, 0) is 0 Å². The lowest BCUT2D eigenvalue weighted by atomic mass is 10.1. The molecule has 2 heterocycles. The molecule has 0 radical (unpaired) electrons. The first kappa shape index (κ1) is 19.7. The van der Waals surface area contributed by atoms with Gasteiger partial charge in [0.25, 0.3) is 5.91 Å². The third kappa shape index (κ3) is 4.06. The third-order valence-corrected chi connectivity index (χ3v) is 4.86. The van der Waals surface area contributed by atoms with Gasteiger partial charge >= 0.3 is 0 Å². The van der Waals surface area contributed by atoms with Gasteiger partial charge < -0.3 is 5.32 Å². The molecule has 8 heteroatoms.